The van der Waals surface area contributed by atoms with E-state index < -0.39 is 15.8 Å². The molecule has 0 aliphatic rings. The minimum atomic E-state index is -3.12. The van der Waals surface area contributed by atoms with E-state index in [0.717, 1.165) is 0 Å². The standard InChI is InChI=1S/C12H14N2O5S/c1-2-20(17,18)6-4-14-7-10(12(15)16)11(13-14)9-3-5-19-8-9/h3,5,7-8H,2,4,6H2,1H3,(H,15,16). The molecule has 0 amide bonds. The number of hydrogen-bond donors (Lipinski definition) is 1. The molecule has 0 spiro atoms. The van der Waals surface area contributed by atoms with Gasteiger partial charge < -0.3 is 9.52 Å². The molecule has 20 heavy (non-hydrogen) atoms. The lowest BCUT2D eigenvalue weighted by Crippen LogP contribution is -2.15. The van der Waals surface area contributed by atoms with Crippen molar-refractivity contribution in [3.63, 3.8) is 0 Å². The van der Waals surface area contributed by atoms with E-state index in [4.69, 9.17) is 9.52 Å². The van der Waals surface area contributed by atoms with Crippen LogP contribution in [0.25, 0.3) is 11.3 Å². The van der Waals surface area contributed by atoms with Gasteiger partial charge in [-0.1, -0.05) is 6.92 Å². The number of aromatic nitrogens is 2. The van der Waals surface area contributed by atoms with Gasteiger partial charge >= 0.3 is 5.97 Å². The van der Waals surface area contributed by atoms with Gasteiger partial charge in [-0.05, 0) is 6.07 Å². The summed E-state index contributed by atoms with van der Waals surface area (Å²) in [5.74, 6) is -1.14. The summed E-state index contributed by atoms with van der Waals surface area (Å²) in [4.78, 5) is 11.2. The van der Waals surface area contributed by atoms with E-state index in [1.165, 1.54) is 23.4 Å². The zero-order chi connectivity index (χ0) is 14.8. The van der Waals surface area contributed by atoms with Crippen molar-refractivity contribution in [1.29, 1.82) is 0 Å². The van der Waals surface area contributed by atoms with Crippen LogP contribution in [0.3, 0.4) is 0 Å². The van der Waals surface area contributed by atoms with E-state index >= 15 is 0 Å². The maximum Gasteiger partial charge on any atom is 0.339 e. The van der Waals surface area contributed by atoms with Gasteiger partial charge in [-0.25, -0.2) is 13.2 Å². The lowest BCUT2D eigenvalue weighted by molar-refractivity contribution is 0.0697. The Bertz CT molecular complexity index is 700. The lowest BCUT2D eigenvalue weighted by atomic mass is 10.1. The SMILES string of the molecule is CCS(=O)(=O)CCn1cc(C(=O)O)c(-c2ccoc2)n1. The molecule has 0 fully saturated rings. The van der Waals surface area contributed by atoms with Crippen LogP contribution >= 0.6 is 0 Å². The van der Waals surface area contributed by atoms with Crippen LogP contribution in [0.2, 0.25) is 0 Å². The van der Waals surface area contributed by atoms with Gasteiger partial charge in [0.1, 0.15) is 11.3 Å². The molecule has 0 saturated carbocycles. The predicted molar refractivity (Wildman–Crippen MR) is 71.2 cm³/mol. The van der Waals surface area contributed by atoms with Crippen molar-refractivity contribution >= 4 is 15.8 Å². The highest BCUT2D eigenvalue weighted by atomic mass is 32.2. The van der Waals surface area contributed by atoms with E-state index in [2.05, 4.69) is 5.10 Å². The second-order valence-corrected chi connectivity index (χ2v) is 6.68. The van der Waals surface area contributed by atoms with E-state index in [-0.39, 0.29) is 29.3 Å². The summed E-state index contributed by atoms with van der Waals surface area (Å²) in [5.41, 5.74) is 0.819. The van der Waals surface area contributed by atoms with Crippen molar-refractivity contribution in [1.82, 2.24) is 9.78 Å². The summed E-state index contributed by atoms with van der Waals surface area (Å²) < 4.78 is 29.1. The van der Waals surface area contributed by atoms with Crippen molar-refractivity contribution < 1.29 is 22.7 Å². The fourth-order valence-corrected chi connectivity index (χ4v) is 2.44. The molecular formula is C12H14N2O5S. The van der Waals surface area contributed by atoms with Crippen LogP contribution in [0, 0.1) is 0 Å². The van der Waals surface area contributed by atoms with Gasteiger partial charge in [0.05, 0.1) is 24.8 Å². The molecule has 0 bridgehead atoms. The minimum Gasteiger partial charge on any atom is -0.478 e. The summed E-state index contributed by atoms with van der Waals surface area (Å²) in [6.45, 7) is 1.69. The normalized spacial score (nSPS) is 11.7. The number of carboxylic acid groups (broad SMARTS) is 1. The van der Waals surface area contributed by atoms with Gasteiger partial charge in [0, 0.05) is 17.5 Å². The van der Waals surface area contributed by atoms with Crippen LogP contribution in [0.15, 0.2) is 29.2 Å². The van der Waals surface area contributed by atoms with Gasteiger partial charge in [0.25, 0.3) is 0 Å². The predicted octanol–water partition coefficient (Wildman–Crippen LogP) is 1.28. The van der Waals surface area contributed by atoms with Crippen LogP contribution in [-0.4, -0.2) is 40.8 Å². The van der Waals surface area contributed by atoms with E-state index in [0.29, 0.717) is 5.56 Å². The average Bonchev–Trinajstić information content (AvgIpc) is 3.05. The third-order valence-corrected chi connectivity index (χ3v) is 4.54. The Balaban J connectivity index is 2.29. The van der Waals surface area contributed by atoms with E-state index in [1.807, 2.05) is 0 Å². The molecule has 0 atom stereocenters. The monoisotopic (exact) mass is 298 g/mol. The zero-order valence-corrected chi connectivity index (χ0v) is 11.6. The molecule has 2 heterocycles. The maximum atomic E-state index is 11.5. The first-order valence-electron chi connectivity index (χ1n) is 5.96. The smallest absolute Gasteiger partial charge is 0.339 e. The molecule has 0 aliphatic carbocycles. The van der Waals surface area contributed by atoms with Crippen molar-refractivity contribution in [2.75, 3.05) is 11.5 Å². The van der Waals surface area contributed by atoms with Crippen molar-refractivity contribution in [2.45, 2.75) is 13.5 Å². The van der Waals surface area contributed by atoms with Gasteiger partial charge in [-0.3, -0.25) is 4.68 Å². The molecule has 0 saturated heterocycles. The Kier molecular flexibility index (Phi) is 3.93. The molecule has 2 rings (SSSR count). The average molecular weight is 298 g/mol. The van der Waals surface area contributed by atoms with Crippen molar-refractivity contribution in [2.24, 2.45) is 0 Å². The van der Waals surface area contributed by atoms with Gasteiger partial charge in [0.2, 0.25) is 0 Å². The fourth-order valence-electron chi connectivity index (χ4n) is 1.68. The van der Waals surface area contributed by atoms with Crippen LogP contribution < -0.4 is 0 Å². The van der Waals surface area contributed by atoms with Crippen molar-refractivity contribution in [3.05, 3.63) is 30.4 Å². The number of nitrogens with zero attached hydrogens (tertiary/aromatic N) is 2. The molecule has 8 heteroatoms. The second kappa shape index (κ2) is 5.49. The molecule has 0 unspecified atom stereocenters. The Labute approximate surface area is 115 Å². The fraction of sp³-hybridized carbons (Fsp3) is 0.333. The first-order valence-corrected chi connectivity index (χ1v) is 7.79. The largest absolute Gasteiger partial charge is 0.478 e. The topological polar surface area (TPSA) is 102 Å². The highest BCUT2D eigenvalue weighted by Gasteiger charge is 2.18. The number of aryl methyl sites for hydroxylation is 1. The minimum absolute atomic E-state index is 0.0142. The lowest BCUT2D eigenvalue weighted by Gasteiger charge is -2.01. The Hall–Kier alpha value is -2.09. The van der Waals surface area contributed by atoms with Crippen LogP contribution in [0.5, 0.6) is 0 Å². The van der Waals surface area contributed by atoms with Gasteiger partial charge in [-0.2, -0.15) is 5.10 Å². The molecule has 2 aromatic rings. The summed E-state index contributed by atoms with van der Waals surface area (Å²) in [6.07, 6.45) is 4.14. The maximum absolute atomic E-state index is 11.5. The molecule has 0 radical (unpaired) electrons. The summed E-state index contributed by atoms with van der Waals surface area (Å²) in [6, 6.07) is 1.60. The zero-order valence-electron chi connectivity index (χ0n) is 10.8. The molecule has 2 aromatic heterocycles. The number of hydrogen-bond acceptors (Lipinski definition) is 5. The Morgan fingerprint density at radius 2 is 2.25 bits per heavy atom. The number of rotatable bonds is 6. The summed E-state index contributed by atoms with van der Waals surface area (Å²) in [7, 11) is -3.12. The quantitative estimate of drug-likeness (QED) is 0.861. The van der Waals surface area contributed by atoms with Crippen LogP contribution in [0.1, 0.15) is 17.3 Å². The van der Waals surface area contributed by atoms with Gasteiger partial charge in [0.15, 0.2) is 9.84 Å². The number of sulfone groups is 1. The molecule has 1 N–H and O–H groups in total. The Morgan fingerprint density at radius 3 is 2.80 bits per heavy atom. The molecule has 0 aliphatic heterocycles. The highest BCUT2D eigenvalue weighted by molar-refractivity contribution is 7.91. The third kappa shape index (κ3) is 3.08. The molecule has 7 nitrogen and oxygen atoms in total. The molecule has 108 valence electrons. The Morgan fingerprint density at radius 1 is 1.50 bits per heavy atom. The first kappa shape index (κ1) is 14.3. The second-order valence-electron chi connectivity index (χ2n) is 4.21. The number of aromatic carboxylic acids is 1. The van der Waals surface area contributed by atoms with E-state index in [1.54, 1.807) is 13.0 Å². The van der Waals surface area contributed by atoms with Crippen LogP contribution in [-0.2, 0) is 16.4 Å². The summed E-state index contributed by atoms with van der Waals surface area (Å²) in [5, 5.41) is 13.3. The first-order chi connectivity index (χ1) is 9.43. The number of carbonyl (C=O) groups is 1. The third-order valence-electron chi connectivity index (χ3n) is 2.86. The number of carboxylic acids is 1. The van der Waals surface area contributed by atoms with Gasteiger partial charge in [-0.15, -0.1) is 0 Å². The van der Waals surface area contributed by atoms with Crippen LogP contribution in [0.4, 0.5) is 0 Å². The highest BCUT2D eigenvalue weighted by Crippen LogP contribution is 2.22. The summed E-state index contributed by atoms with van der Waals surface area (Å²) >= 11 is 0. The number of furan rings is 1. The van der Waals surface area contributed by atoms with E-state index in [9.17, 15) is 13.2 Å². The van der Waals surface area contributed by atoms with Crippen molar-refractivity contribution in [3.8, 4) is 11.3 Å². The molecular weight excluding hydrogens is 284 g/mol. The molecule has 0 aromatic carbocycles.